The Hall–Kier alpha value is -0.130. The van der Waals surface area contributed by atoms with E-state index in [1.54, 1.807) is 0 Å². The van der Waals surface area contributed by atoms with Crippen LogP contribution in [-0.4, -0.2) is 27.3 Å². The van der Waals surface area contributed by atoms with E-state index in [0.717, 1.165) is 0 Å². The predicted octanol–water partition coefficient (Wildman–Crippen LogP) is 0.0900. The molecule has 0 aliphatic carbocycles. The summed E-state index contributed by atoms with van der Waals surface area (Å²) >= 11 is 0. The highest BCUT2D eigenvalue weighted by molar-refractivity contribution is 7.86. The van der Waals surface area contributed by atoms with Crippen molar-refractivity contribution in [2.45, 2.75) is 25.8 Å². The van der Waals surface area contributed by atoms with Gasteiger partial charge in [-0.25, -0.2) is 0 Å². The molecule has 2 N–H and O–H groups in total. The summed E-state index contributed by atoms with van der Waals surface area (Å²) in [5.74, 6) is 0.0606. The van der Waals surface area contributed by atoms with Crippen LogP contribution < -0.4 is 5.73 Å². The summed E-state index contributed by atoms with van der Waals surface area (Å²) in [5, 5.41) is 0. The maximum absolute atomic E-state index is 10.7. The molecule has 0 spiro atoms. The van der Waals surface area contributed by atoms with Crippen LogP contribution in [0, 0.1) is 0 Å². The summed E-state index contributed by atoms with van der Waals surface area (Å²) in [6.45, 7) is 1.85. The molecule has 0 amide bonds. The van der Waals surface area contributed by atoms with Gasteiger partial charge in [0.05, 0.1) is 12.9 Å². The lowest BCUT2D eigenvalue weighted by Crippen LogP contribution is -2.17. The molecule has 0 aliphatic rings. The number of nitrogens with two attached hydrogens (primary N) is 1. The minimum atomic E-state index is -3.27. The van der Waals surface area contributed by atoms with E-state index in [9.17, 15) is 8.42 Å². The summed E-state index contributed by atoms with van der Waals surface area (Å²) in [7, 11) is -2.10. The third-order valence-corrected chi connectivity index (χ3v) is 2.60. The molecule has 0 saturated heterocycles. The van der Waals surface area contributed by atoms with Gasteiger partial charge in [0.2, 0.25) is 0 Å². The Morgan fingerprint density at radius 2 is 2.09 bits per heavy atom. The molecule has 11 heavy (non-hydrogen) atoms. The molecule has 1 unspecified atom stereocenters. The summed E-state index contributed by atoms with van der Waals surface area (Å²) in [6, 6.07) is 0.0575. The van der Waals surface area contributed by atoms with Crippen molar-refractivity contribution in [2.24, 2.45) is 5.73 Å². The lowest BCUT2D eigenvalue weighted by Gasteiger charge is -2.03. The zero-order valence-corrected chi connectivity index (χ0v) is 7.73. The molecule has 68 valence electrons. The van der Waals surface area contributed by atoms with Crippen molar-refractivity contribution in [3.05, 3.63) is 0 Å². The Labute approximate surface area is 67.9 Å². The fourth-order valence-corrected chi connectivity index (χ4v) is 1.35. The molecule has 0 saturated carbocycles. The highest BCUT2D eigenvalue weighted by atomic mass is 32.2. The van der Waals surface area contributed by atoms with Crippen LogP contribution in [0.15, 0.2) is 0 Å². The molecule has 0 fully saturated rings. The van der Waals surface area contributed by atoms with Gasteiger partial charge in [0, 0.05) is 6.04 Å². The largest absolute Gasteiger partial charge is 0.328 e. The van der Waals surface area contributed by atoms with Crippen molar-refractivity contribution < 1.29 is 12.6 Å². The maximum atomic E-state index is 10.7. The second-order valence-electron chi connectivity index (χ2n) is 2.55. The Morgan fingerprint density at radius 1 is 1.55 bits per heavy atom. The Kier molecular flexibility index (Phi) is 4.63. The van der Waals surface area contributed by atoms with E-state index >= 15 is 0 Å². The topological polar surface area (TPSA) is 69.4 Å². The average molecular weight is 181 g/mol. The zero-order chi connectivity index (χ0) is 8.91. The van der Waals surface area contributed by atoms with Crippen molar-refractivity contribution in [1.29, 1.82) is 0 Å². The first kappa shape index (κ1) is 10.9. The summed E-state index contributed by atoms with van der Waals surface area (Å²) in [4.78, 5) is 0. The summed E-state index contributed by atoms with van der Waals surface area (Å²) in [6.07, 6.45) is 1.27. The quantitative estimate of drug-likeness (QED) is 0.610. The van der Waals surface area contributed by atoms with Crippen LogP contribution in [0.3, 0.4) is 0 Å². The van der Waals surface area contributed by atoms with E-state index < -0.39 is 10.1 Å². The van der Waals surface area contributed by atoms with Gasteiger partial charge in [-0.2, -0.15) is 8.42 Å². The van der Waals surface area contributed by atoms with E-state index in [1.165, 1.54) is 7.11 Å². The fourth-order valence-electron chi connectivity index (χ4n) is 0.665. The third-order valence-electron chi connectivity index (χ3n) is 1.31. The van der Waals surface area contributed by atoms with Gasteiger partial charge in [0.25, 0.3) is 10.1 Å². The number of hydrogen-bond acceptors (Lipinski definition) is 4. The minimum Gasteiger partial charge on any atom is -0.328 e. The van der Waals surface area contributed by atoms with E-state index in [0.29, 0.717) is 12.8 Å². The predicted molar refractivity (Wildman–Crippen MR) is 43.7 cm³/mol. The molecule has 0 aromatic heterocycles. The first-order valence-corrected chi connectivity index (χ1v) is 5.09. The normalized spacial score (nSPS) is 14.8. The molecular weight excluding hydrogens is 166 g/mol. The molecule has 4 nitrogen and oxygen atoms in total. The molecule has 0 rings (SSSR count). The minimum absolute atomic E-state index is 0.0575. The molecule has 0 aliphatic heterocycles. The molecule has 0 radical (unpaired) electrons. The number of rotatable bonds is 5. The van der Waals surface area contributed by atoms with Crippen LogP contribution in [0.4, 0.5) is 0 Å². The van der Waals surface area contributed by atoms with E-state index in [-0.39, 0.29) is 11.8 Å². The smallest absolute Gasteiger partial charge is 0.267 e. The van der Waals surface area contributed by atoms with Gasteiger partial charge >= 0.3 is 0 Å². The fraction of sp³-hybridized carbons (Fsp3) is 1.00. The summed E-state index contributed by atoms with van der Waals surface area (Å²) in [5.41, 5.74) is 5.43. The second-order valence-corrected chi connectivity index (χ2v) is 4.40. The molecule has 0 bridgehead atoms. The molecule has 5 heteroatoms. The molecule has 0 aromatic carbocycles. The lowest BCUT2D eigenvalue weighted by atomic mass is 10.2. The first-order valence-electron chi connectivity index (χ1n) is 3.52. The Bertz CT molecular complexity index is 186. The Balaban J connectivity index is 3.55. The van der Waals surface area contributed by atoms with Gasteiger partial charge in [0.1, 0.15) is 0 Å². The standard InChI is InChI=1S/C6H15NO3S/c1-6(7)4-3-5-11(8,9)10-2/h6H,3-5,7H2,1-2H3. The van der Waals surface area contributed by atoms with Crippen LogP contribution in [0.1, 0.15) is 19.8 Å². The van der Waals surface area contributed by atoms with Gasteiger partial charge in [0.15, 0.2) is 0 Å². The van der Waals surface area contributed by atoms with Crippen LogP contribution in [-0.2, 0) is 14.3 Å². The van der Waals surface area contributed by atoms with Gasteiger partial charge in [-0.15, -0.1) is 0 Å². The highest BCUT2D eigenvalue weighted by Gasteiger charge is 2.07. The monoisotopic (exact) mass is 181 g/mol. The zero-order valence-electron chi connectivity index (χ0n) is 6.91. The van der Waals surface area contributed by atoms with Crippen molar-refractivity contribution in [3.63, 3.8) is 0 Å². The van der Waals surface area contributed by atoms with Crippen LogP contribution in [0.25, 0.3) is 0 Å². The van der Waals surface area contributed by atoms with Gasteiger partial charge in [-0.3, -0.25) is 4.18 Å². The third kappa shape index (κ3) is 6.28. The van der Waals surface area contributed by atoms with Crippen LogP contribution in [0.5, 0.6) is 0 Å². The molecule has 0 heterocycles. The van der Waals surface area contributed by atoms with Crippen molar-refractivity contribution in [3.8, 4) is 0 Å². The first-order chi connectivity index (χ1) is 4.98. The van der Waals surface area contributed by atoms with Crippen LogP contribution >= 0.6 is 0 Å². The lowest BCUT2D eigenvalue weighted by molar-refractivity contribution is 0.395. The van der Waals surface area contributed by atoms with Crippen LogP contribution in [0.2, 0.25) is 0 Å². The Morgan fingerprint density at radius 3 is 2.45 bits per heavy atom. The van der Waals surface area contributed by atoms with E-state index in [4.69, 9.17) is 5.73 Å². The summed E-state index contributed by atoms with van der Waals surface area (Å²) < 4.78 is 25.7. The van der Waals surface area contributed by atoms with E-state index in [2.05, 4.69) is 4.18 Å². The molecular formula is C6H15NO3S. The average Bonchev–Trinajstić information content (AvgIpc) is 1.87. The van der Waals surface area contributed by atoms with Gasteiger partial charge in [-0.05, 0) is 19.8 Å². The second kappa shape index (κ2) is 4.69. The van der Waals surface area contributed by atoms with Crippen molar-refractivity contribution in [1.82, 2.24) is 0 Å². The maximum Gasteiger partial charge on any atom is 0.267 e. The van der Waals surface area contributed by atoms with Crippen molar-refractivity contribution >= 4 is 10.1 Å². The number of hydrogen-bond donors (Lipinski definition) is 1. The van der Waals surface area contributed by atoms with E-state index in [1.807, 2.05) is 6.92 Å². The van der Waals surface area contributed by atoms with Gasteiger partial charge < -0.3 is 5.73 Å². The molecule has 0 aromatic rings. The van der Waals surface area contributed by atoms with Gasteiger partial charge in [-0.1, -0.05) is 0 Å². The van der Waals surface area contributed by atoms with Crippen molar-refractivity contribution in [2.75, 3.05) is 12.9 Å². The highest BCUT2D eigenvalue weighted by Crippen LogP contribution is 1.99. The SMILES string of the molecule is COS(=O)(=O)CCCC(C)N. The molecule has 1 atom stereocenters.